The molecule has 0 fully saturated rings. The van der Waals surface area contributed by atoms with E-state index in [2.05, 4.69) is 175 Å². The molecule has 0 unspecified atom stereocenters. The number of furan rings is 1. The van der Waals surface area contributed by atoms with Gasteiger partial charge in [0.05, 0.1) is 1.37 Å². The summed E-state index contributed by atoms with van der Waals surface area (Å²) in [6.45, 7) is 0. The first kappa shape index (κ1) is 30.5. The lowest BCUT2D eigenvalue weighted by molar-refractivity contribution is 0.669. The van der Waals surface area contributed by atoms with Crippen LogP contribution in [0.2, 0.25) is 0 Å². The summed E-state index contributed by atoms with van der Waals surface area (Å²) in [5, 5.41) is 7.10. The first-order valence-corrected chi connectivity index (χ1v) is 19.4. The first-order valence-electron chi connectivity index (χ1n) is 19.1. The first-order chi connectivity index (χ1) is 27.7. The molecule has 0 aliphatic carbocycles. The molecule has 55 heavy (non-hydrogen) atoms. The monoisotopic (exact) mass is 720 g/mol. The van der Waals surface area contributed by atoms with Gasteiger partial charge < -0.3 is 9.32 Å². The topological polar surface area (TPSA) is 16.4 Å². The Morgan fingerprint density at radius 1 is 0.382 bits per heavy atom. The third-order valence-electron chi connectivity index (χ3n) is 10.8. The molecule has 0 spiro atoms. The van der Waals surface area contributed by atoms with Gasteiger partial charge in [-0.15, -0.1) is 11.3 Å². The summed E-state index contributed by atoms with van der Waals surface area (Å²) >= 11 is 1.70. The van der Waals surface area contributed by atoms with Crippen molar-refractivity contribution < 1.29 is 5.79 Å². The molecule has 0 N–H and O–H groups in total. The summed E-state index contributed by atoms with van der Waals surface area (Å²) in [6.07, 6.45) is 0. The van der Waals surface area contributed by atoms with Gasteiger partial charge in [0.25, 0.3) is 0 Å². The fourth-order valence-electron chi connectivity index (χ4n) is 8.25. The van der Waals surface area contributed by atoms with Crippen LogP contribution in [0.4, 0.5) is 17.1 Å². The van der Waals surface area contributed by atoms with Crippen LogP contribution in [0.5, 0.6) is 0 Å². The molecule has 2 nitrogen and oxygen atoms in total. The molecular weight excluding hydrogens is 687 g/mol. The summed E-state index contributed by atoms with van der Waals surface area (Å²) in [4.78, 5) is 2.33. The van der Waals surface area contributed by atoms with Crippen molar-refractivity contribution in [3.63, 3.8) is 0 Å². The fourth-order valence-corrected chi connectivity index (χ4v) is 9.34. The molecule has 0 radical (unpaired) electrons. The summed E-state index contributed by atoms with van der Waals surface area (Å²) in [5.74, 6) is 0. The maximum atomic E-state index is 8.68. The standard InChI is InChI=1S/C52H33NOS/c1-2-12-41-34(10-1)11-7-15-42(41)35-22-28-38(29-23-35)53(39-30-24-36(25-31-39)43-16-8-19-48-51(43)45-13-3-5-18-47(45)54-48)40-32-26-37(27-33-40)44-17-9-21-50-52(44)46-14-4-6-20-49(46)55-50/h1-33H/i21D. The second-order valence-corrected chi connectivity index (χ2v) is 15.0. The van der Waals surface area contributed by atoms with E-state index in [0.717, 1.165) is 71.3 Å². The Morgan fingerprint density at radius 2 is 0.891 bits per heavy atom. The van der Waals surface area contributed by atoms with Gasteiger partial charge in [-0.05, 0) is 105 Å². The van der Waals surface area contributed by atoms with Crippen LogP contribution in [-0.2, 0) is 0 Å². The number of rotatable bonds is 6. The largest absolute Gasteiger partial charge is 0.456 e. The number of benzene rings is 9. The van der Waals surface area contributed by atoms with Crippen molar-refractivity contribution in [3.05, 3.63) is 200 Å². The molecule has 0 aliphatic rings. The Hall–Kier alpha value is -6.94. The molecular formula is C52H33NOS. The van der Waals surface area contributed by atoms with Crippen molar-refractivity contribution in [1.82, 2.24) is 0 Å². The van der Waals surface area contributed by atoms with Crippen LogP contribution in [0.15, 0.2) is 205 Å². The van der Waals surface area contributed by atoms with Crippen molar-refractivity contribution in [2.75, 3.05) is 4.90 Å². The number of fused-ring (bicyclic) bond motifs is 7. The number of hydrogen-bond donors (Lipinski definition) is 0. The van der Waals surface area contributed by atoms with Gasteiger partial charge in [0.15, 0.2) is 0 Å². The molecule has 0 aliphatic heterocycles. The van der Waals surface area contributed by atoms with Gasteiger partial charge in [0.2, 0.25) is 0 Å². The van der Waals surface area contributed by atoms with Crippen LogP contribution in [-0.4, -0.2) is 0 Å². The van der Waals surface area contributed by atoms with E-state index in [-0.39, 0.29) is 0 Å². The number of anilines is 3. The van der Waals surface area contributed by atoms with Gasteiger partial charge in [-0.3, -0.25) is 0 Å². The zero-order chi connectivity index (χ0) is 37.2. The molecule has 0 atom stereocenters. The lowest BCUT2D eigenvalue weighted by atomic mass is 9.97. The lowest BCUT2D eigenvalue weighted by Crippen LogP contribution is -2.09. The van der Waals surface area contributed by atoms with Crippen molar-refractivity contribution in [1.29, 1.82) is 0 Å². The number of para-hydroxylation sites is 1. The van der Waals surface area contributed by atoms with E-state index < -0.39 is 0 Å². The van der Waals surface area contributed by atoms with Crippen LogP contribution >= 0.6 is 11.3 Å². The summed E-state index contributed by atoms with van der Waals surface area (Å²) < 4.78 is 17.1. The summed E-state index contributed by atoms with van der Waals surface area (Å²) in [6, 6.07) is 69.4. The predicted octanol–water partition coefficient (Wildman–Crippen LogP) is 15.6. The van der Waals surface area contributed by atoms with E-state index in [0.29, 0.717) is 6.04 Å². The van der Waals surface area contributed by atoms with Crippen molar-refractivity contribution in [2.24, 2.45) is 0 Å². The predicted molar refractivity (Wildman–Crippen MR) is 235 cm³/mol. The molecule has 11 rings (SSSR count). The van der Waals surface area contributed by atoms with Crippen LogP contribution in [0, 0.1) is 0 Å². The van der Waals surface area contributed by atoms with Gasteiger partial charge in [0.1, 0.15) is 11.2 Å². The third-order valence-corrected chi connectivity index (χ3v) is 11.9. The highest BCUT2D eigenvalue weighted by molar-refractivity contribution is 7.25. The average Bonchev–Trinajstić information content (AvgIpc) is 3.85. The highest BCUT2D eigenvalue weighted by Crippen LogP contribution is 2.43. The second kappa shape index (κ2) is 12.9. The maximum Gasteiger partial charge on any atom is 0.136 e. The smallest absolute Gasteiger partial charge is 0.136 e. The molecule has 0 amide bonds. The molecule has 11 aromatic rings. The molecule has 0 bridgehead atoms. The molecule has 2 aromatic heterocycles. The zero-order valence-electron chi connectivity index (χ0n) is 30.7. The average molecular weight is 721 g/mol. The zero-order valence-corrected chi connectivity index (χ0v) is 30.6. The SMILES string of the molecule is [2H]c1ccc(-c2ccc(N(c3ccc(-c4cccc5ccccc45)cc3)c3ccc(-c4cccc5oc6ccccc6c45)cc3)cc2)c2c1sc1ccccc12. The van der Waals surface area contributed by atoms with Crippen molar-refractivity contribution in [2.45, 2.75) is 0 Å². The van der Waals surface area contributed by atoms with E-state index in [1.165, 1.54) is 32.0 Å². The van der Waals surface area contributed by atoms with Gasteiger partial charge in [-0.2, -0.15) is 0 Å². The van der Waals surface area contributed by atoms with Crippen LogP contribution in [0.1, 0.15) is 1.37 Å². The maximum absolute atomic E-state index is 8.68. The van der Waals surface area contributed by atoms with Crippen molar-refractivity contribution in [3.8, 4) is 33.4 Å². The van der Waals surface area contributed by atoms with Gasteiger partial charge >= 0.3 is 0 Å². The molecule has 3 heteroatoms. The Morgan fingerprint density at radius 3 is 1.62 bits per heavy atom. The fraction of sp³-hybridized carbons (Fsp3) is 0. The minimum atomic E-state index is 0.570. The lowest BCUT2D eigenvalue weighted by Gasteiger charge is -2.26. The van der Waals surface area contributed by atoms with E-state index in [4.69, 9.17) is 5.79 Å². The Balaban J connectivity index is 1.02. The number of hydrogen-bond acceptors (Lipinski definition) is 3. The Kier molecular flexibility index (Phi) is 7.14. The highest BCUT2D eigenvalue weighted by atomic mass is 32.1. The van der Waals surface area contributed by atoms with Crippen LogP contribution < -0.4 is 4.90 Å². The van der Waals surface area contributed by atoms with Crippen LogP contribution in [0.3, 0.4) is 0 Å². The van der Waals surface area contributed by atoms with Gasteiger partial charge in [0, 0.05) is 48.0 Å². The van der Waals surface area contributed by atoms with E-state index in [1.54, 1.807) is 11.3 Å². The summed E-state index contributed by atoms with van der Waals surface area (Å²) in [5.41, 5.74) is 12.0. The molecule has 9 aromatic carbocycles. The number of thiophene rings is 1. The highest BCUT2D eigenvalue weighted by Gasteiger charge is 2.17. The third kappa shape index (κ3) is 5.32. The normalized spacial score (nSPS) is 11.9. The van der Waals surface area contributed by atoms with Crippen molar-refractivity contribution >= 4 is 81.3 Å². The minimum Gasteiger partial charge on any atom is -0.456 e. The molecule has 0 saturated heterocycles. The second-order valence-electron chi connectivity index (χ2n) is 14.0. The number of nitrogens with zero attached hydrogens (tertiary/aromatic N) is 1. The molecule has 258 valence electrons. The van der Waals surface area contributed by atoms with E-state index in [9.17, 15) is 0 Å². The van der Waals surface area contributed by atoms with Crippen LogP contribution in [0.25, 0.3) is 86.3 Å². The van der Waals surface area contributed by atoms with Gasteiger partial charge in [-0.1, -0.05) is 140 Å². The Labute approximate surface area is 324 Å². The van der Waals surface area contributed by atoms with E-state index >= 15 is 0 Å². The Bertz CT molecular complexity index is 3240. The minimum absolute atomic E-state index is 0.570. The van der Waals surface area contributed by atoms with E-state index in [1.807, 2.05) is 24.3 Å². The quantitative estimate of drug-likeness (QED) is 0.170. The molecule has 2 heterocycles. The summed E-state index contributed by atoms with van der Waals surface area (Å²) in [7, 11) is 0. The van der Waals surface area contributed by atoms with Gasteiger partial charge in [-0.25, -0.2) is 0 Å². The molecule has 0 saturated carbocycles.